The largest absolute Gasteiger partial charge is 0.482 e. The number of ether oxygens (including phenoxy) is 1. The Labute approximate surface area is 157 Å². The van der Waals surface area contributed by atoms with Crippen molar-refractivity contribution in [1.29, 1.82) is 0 Å². The Bertz CT molecular complexity index is 823. The van der Waals surface area contributed by atoms with Crippen molar-refractivity contribution in [2.24, 2.45) is 0 Å². The number of carbonyl (C=O) groups is 2. The van der Waals surface area contributed by atoms with Gasteiger partial charge in [0.25, 0.3) is 5.91 Å². The van der Waals surface area contributed by atoms with Gasteiger partial charge in [0.2, 0.25) is 0 Å². The Morgan fingerprint density at radius 2 is 2.00 bits per heavy atom. The molecule has 0 atom stereocenters. The van der Waals surface area contributed by atoms with E-state index in [0.29, 0.717) is 42.0 Å². The molecule has 5 nitrogen and oxygen atoms in total. The second kappa shape index (κ2) is 9.28. The molecule has 0 aliphatic carbocycles. The molecular formula is C21H23FN2O3. The van der Waals surface area contributed by atoms with E-state index < -0.39 is 0 Å². The van der Waals surface area contributed by atoms with Crippen LogP contribution >= 0.6 is 0 Å². The van der Waals surface area contributed by atoms with Crippen molar-refractivity contribution < 1.29 is 18.7 Å². The third kappa shape index (κ3) is 5.37. The lowest BCUT2D eigenvalue weighted by molar-refractivity contribution is -0.118. The molecule has 0 aromatic heterocycles. The molecule has 27 heavy (non-hydrogen) atoms. The number of carbonyl (C=O) groups excluding carboxylic acids is 2. The van der Waals surface area contributed by atoms with Gasteiger partial charge in [-0.1, -0.05) is 18.2 Å². The highest BCUT2D eigenvalue weighted by atomic mass is 19.1. The molecule has 1 aliphatic rings. The Hall–Kier alpha value is -2.73. The highest BCUT2D eigenvalue weighted by Crippen LogP contribution is 2.29. The Morgan fingerprint density at radius 3 is 2.85 bits per heavy atom. The minimum absolute atomic E-state index is 0.00417. The van der Waals surface area contributed by atoms with Gasteiger partial charge in [-0.15, -0.1) is 0 Å². The lowest BCUT2D eigenvalue weighted by Crippen LogP contribution is -2.25. The molecule has 1 heterocycles. The van der Waals surface area contributed by atoms with E-state index in [9.17, 15) is 14.0 Å². The molecule has 0 radical (unpaired) electrons. The van der Waals surface area contributed by atoms with E-state index >= 15 is 0 Å². The van der Waals surface area contributed by atoms with Crippen molar-refractivity contribution in [3.05, 3.63) is 59.4 Å². The van der Waals surface area contributed by atoms with Gasteiger partial charge in [0.1, 0.15) is 11.6 Å². The third-order valence-electron chi connectivity index (χ3n) is 4.47. The Morgan fingerprint density at radius 1 is 1.15 bits per heavy atom. The molecule has 0 saturated heterocycles. The third-order valence-corrected chi connectivity index (χ3v) is 4.47. The van der Waals surface area contributed by atoms with Crippen molar-refractivity contribution in [2.45, 2.75) is 25.7 Å². The summed E-state index contributed by atoms with van der Waals surface area (Å²) in [5, 5.41) is 5.99. The van der Waals surface area contributed by atoms with Gasteiger partial charge in [0.05, 0.1) is 5.69 Å². The number of amides is 1. The molecule has 1 aliphatic heterocycles. The first-order valence-corrected chi connectivity index (χ1v) is 9.17. The van der Waals surface area contributed by atoms with Crippen LogP contribution in [-0.2, 0) is 11.2 Å². The fourth-order valence-corrected chi connectivity index (χ4v) is 2.99. The van der Waals surface area contributed by atoms with Crippen LogP contribution in [0.3, 0.4) is 0 Å². The van der Waals surface area contributed by atoms with E-state index in [2.05, 4.69) is 10.6 Å². The zero-order valence-corrected chi connectivity index (χ0v) is 15.1. The van der Waals surface area contributed by atoms with Gasteiger partial charge in [-0.3, -0.25) is 9.59 Å². The van der Waals surface area contributed by atoms with Gasteiger partial charge in [-0.2, -0.15) is 0 Å². The van der Waals surface area contributed by atoms with Crippen LogP contribution < -0.4 is 15.4 Å². The highest BCUT2D eigenvalue weighted by Gasteiger charge is 2.17. The molecule has 6 heteroatoms. The summed E-state index contributed by atoms with van der Waals surface area (Å²) >= 11 is 0. The number of nitrogens with one attached hydrogen (secondary N) is 2. The minimum atomic E-state index is -0.214. The van der Waals surface area contributed by atoms with Crippen LogP contribution in [0, 0.1) is 5.82 Å². The van der Waals surface area contributed by atoms with E-state index in [1.807, 2.05) is 6.07 Å². The molecule has 0 saturated carbocycles. The van der Waals surface area contributed by atoms with Crippen molar-refractivity contribution in [2.75, 3.05) is 25.0 Å². The van der Waals surface area contributed by atoms with Crippen LogP contribution in [0.5, 0.6) is 5.75 Å². The van der Waals surface area contributed by atoms with Crippen LogP contribution in [0.4, 0.5) is 10.1 Å². The average Bonchev–Trinajstić information content (AvgIpc) is 2.67. The zero-order chi connectivity index (χ0) is 19.1. The van der Waals surface area contributed by atoms with Crippen LogP contribution in [0.2, 0.25) is 0 Å². The van der Waals surface area contributed by atoms with Gasteiger partial charge in [-0.25, -0.2) is 4.39 Å². The molecule has 142 valence electrons. The summed E-state index contributed by atoms with van der Waals surface area (Å²) in [6, 6.07) is 11.9. The molecule has 0 unspecified atom stereocenters. The molecule has 0 spiro atoms. The number of ketones is 1. The monoisotopic (exact) mass is 370 g/mol. The number of fused-ring (bicyclic) bond motifs is 1. The fourth-order valence-electron chi connectivity index (χ4n) is 2.99. The first-order chi connectivity index (χ1) is 13.1. The number of anilines is 1. The summed E-state index contributed by atoms with van der Waals surface area (Å²) in [6.45, 7) is 1.50. The van der Waals surface area contributed by atoms with Gasteiger partial charge < -0.3 is 15.4 Å². The first kappa shape index (κ1) is 19.0. The van der Waals surface area contributed by atoms with Gasteiger partial charge in [-0.05, 0) is 62.2 Å². The van der Waals surface area contributed by atoms with Crippen molar-refractivity contribution >= 4 is 17.4 Å². The number of rotatable bonds is 9. The maximum atomic E-state index is 13.5. The number of unbranched alkanes of at least 4 members (excludes halogenated alkanes) is 1. The maximum Gasteiger partial charge on any atom is 0.262 e. The Balaban J connectivity index is 1.35. The van der Waals surface area contributed by atoms with Gasteiger partial charge in [0, 0.05) is 12.0 Å². The summed E-state index contributed by atoms with van der Waals surface area (Å²) in [6.07, 6.45) is 2.73. The van der Waals surface area contributed by atoms with Crippen LogP contribution in [0.15, 0.2) is 42.5 Å². The number of hydrogen-bond donors (Lipinski definition) is 2. The van der Waals surface area contributed by atoms with Crippen LogP contribution in [-0.4, -0.2) is 31.4 Å². The SMILES string of the molecule is O=C1COc2ccc(C(=O)CCCCNCCc3ccccc3F)cc2N1. The standard InChI is InChI=1S/C21H23FN2O3/c22-17-6-2-1-5-15(17)10-12-23-11-4-3-7-19(25)16-8-9-20-18(13-16)24-21(26)14-27-20/h1-2,5-6,8-9,13,23H,3-4,7,10-12,14H2,(H,24,26). The van der Waals surface area contributed by atoms with Crippen LogP contribution in [0.25, 0.3) is 0 Å². The molecule has 2 aromatic rings. The molecule has 2 N–H and O–H groups in total. The lowest BCUT2D eigenvalue weighted by atomic mass is 10.0. The summed E-state index contributed by atoms with van der Waals surface area (Å²) in [7, 11) is 0. The fraction of sp³-hybridized carbons (Fsp3) is 0.333. The van der Waals surface area contributed by atoms with Gasteiger partial charge in [0.15, 0.2) is 12.4 Å². The number of benzene rings is 2. The smallest absolute Gasteiger partial charge is 0.262 e. The quantitative estimate of drug-likeness (QED) is 0.525. The predicted octanol–water partition coefficient (Wildman–Crippen LogP) is 3.34. The van der Waals surface area contributed by atoms with E-state index in [1.54, 1.807) is 30.3 Å². The second-order valence-electron chi connectivity index (χ2n) is 6.52. The molecule has 0 fully saturated rings. The molecule has 2 aromatic carbocycles. The first-order valence-electron chi connectivity index (χ1n) is 9.17. The summed E-state index contributed by atoms with van der Waals surface area (Å²) in [5.74, 6) is 0.249. The Kier molecular flexibility index (Phi) is 6.54. The summed E-state index contributed by atoms with van der Waals surface area (Å²) in [4.78, 5) is 23.7. The average molecular weight is 370 g/mol. The number of hydrogen-bond acceptors (Lipinski definition) is 4. The van der Waals surface area contributed by atoms with E-state index in [4.69, 9.17) is 4.74 Å². The van der Waals surface area contributed by atoms with Crippen molar-refractivity contribution in [1.82, 2.24) is 5.32 Å². The minimum Gasteiger partial charge on any atom is -0.482 e. The summed E-state index contributed by atoms with van der Waals surface area (Å²) in [5.41, 5.74) is 1.84. The topological polar surface area (TPSA) is 67.4 Å². The van der Waals surface area contributed by atoms with Crippen molar-refractivity contribution in [3.8, 4) is 5.75 Å². The predicted molar refractivity (Wildman–Crippen MR) is 102 cm³/mol. The molecule has 0 bridgehead atoms. The van der Waals surface area contributed by atoms with Crippen molar-refractivity contribution in [3.63, 3.8) is 0 Å². The summed E-state index contributed by atoms with van der Waals surface area (Å²) < 4.78 is 18.8. The number of halogens is 1. The molecular weight excluding hydrogens is 347 g/mol. The van der Waals surface area contributed by atoms with E-state index in [1.165, 1.54) is 6.07 Å². The lowest BCUT2D eigenvalue weighted by Gasteiger charge is -2.18. The zero-order valence-electron chi connectivity index (χ0n) is 15.1. The molecule has 1 amide bonds. The van der Waals surface area contributed by atoms with E-state index in [-0.39, 0.29) is 24.1 Å². The molecule has 3 rings (SSSR count). The van der Waals surface area contributed by atoms with Crippen LogP contribution in [0.1, 0.15) is 35.2 Å². The highest BCUT2D eigenvalue weighted by molar-refractivity contribution is 6.00. The van der Waals surface area contributed by atoms with Gasteiger partial charge >= 0.3 is 0 Å². The van der Waals surface area contributed by atoms with E-state index in [0.717, 1.165) is 19.4 Å². The normalized spacial score (nSPS) is 12.9. The maximum absolute atomic E-state index is 13.5. The second-order valence-corrected chi connectivity index (χ2v) is 6.52. The number of Topliss-reactive ketones (excluding diaryl/α,β-unsaturated/α-hetero) is 1.